The van der Waals surface area contributed by atoms with Crippen molar-refractivity contribution in [2.75, 3.05) is 6.54 Å². The predicted octanol–water partition coefficient (Wildman–Crippen LogP) is 2.42. The van der Waals surface area contributed by atoms with Gasteiger partial charge in [0, 0.05) is 13.0 Å². The molecular formula is C14H22N2O4. The van der Waals surface area contributed by atoms with Gasteiger partial charge in [-0.15, -0.1) is 0 Å². The Kier molecular flexibility index (Phi) is 7.24. The molecular weight excluding hydrogens is 260 g/mol. The van der Waals surface area contributed by atoms with E-state index in [1.807, 2.05) is 19.1 Å². The lowest BCUT2D eigenvalue weighted by Gasteiger charge is -2.06. The number of hydrogen-bond donors (Lipinski definition) is 3. The van der Waals surface area contributed by atoms with Crippen LogP contribution >= 0.6 is 0 Å². The van der Waals surface area contributed by atoms with Crippen LogP contribution in [0.1, 0.15) is 43.6 Å². The van der Waals surface area contributed by atoms with Crippen LogP contribution in [0, 0.1) is 6.92 Å². The van der Waals surface area contributed by atoms with Crippen LogP contribution in [-0.4, -0.2) is 23.7 Å². The Balaban J connectivity index is 1.96. The highest BCUT2D eigenvalue weighted by Crippen LogP contribution is 2.05. The lowest BCUT2D eigenvalue weighted by molar-refractivity contribution is -0.137. The van der Waals surface area contributed by atoms with Crippen LogP contribution in [0.2, 0.25) is 0 Å². The van der Waals surface area contributed by atoms with Crippen molar-refractivity contribution < 1.29 is 19.1 Å². The first-order valence-electron chi connectivity index (χ1n) is 6.87. The summed E-state index contributed by atoms with van der Waals surface area (Å²) in [6, 6.07) is 3.47. The summed E-state index contributed by atoms with van der Waals surface area (Å²) >= 11 is 0. The van der Waals surface area contributed by atoms with Crippen molar-refractivity contribution in [2.24, 2.45) is 0 Å². The minimum Gasteiger partial charge on any atom is -0.481 e. The maximum absolute atomic E-state index is 11.5. The van der Waals surface area contributed by atoms with Crippen LogP contribution in [-0.2, 0) is 11.3 Å². The Morgan fingerprint density at radius 2 is 1.90 bits per heavy atom. The molecule has 0 saturated carbocycles. The Hall–Kier alpha value is -1.98. The maximum Gasteiger partial charge on any atom is 0.315 e. The lowest BCUT2D eigenvalue weighted by Crippen LogP contribution is -2.35. The summed E-state index contributed by atoms with van der Waals surface area (Å²) in [5.74, 6) is 0.797. The highest BCUT2D eigenvalue weighted by molar-refractivity contribution is 5.73. The molecule has 0 aliphatic rings. The van der Waals surface area contributed by atoms with Crippen molar-refractivity contribution in [3.05, 3.63) is 23.7 Å². The van der Waals surface area contributed by atoms with Crippen LogP contribution in [0.25, 0.3) is 0 Å². The number of aryl methyl sites for hydroxylation is 1. The number of rotatable bonds is 9. The van der Waals surface area contributed by atoms with E-state index in [-0.39, 0.29) is 12.5 Å². The van der Waals surface area contributed by atoms with Gasteiger partial charge in [-0.1, -0.05) is 12.8 Å². The number of unbranched alkanes of at least 4 members (excludes halogenated alkanes) is 3. The van der Waals surface area contributed by atoms with E-state index < -0.39 is 5.97 Å². The fourth-order valence-electron chi connectivity index (χ4n) is 1.77. The van der Waals surface area contributed by atoms with Gasteiger partial charge in [-0.25, -0.2) is 4.79 Å². The van der Waals surface area contributed by atoms with Crippen molar-refractivity contribution in [3.8, 4) is 0 Å². The zero-order chi connectivity index (χ0) is 14.8. The number of nitrogens with one attached hydrogen (secondary N) is 2. The maximum atomic E-state index is 11.5. The van der Waals surface area contributed by atoms with Gasteiger partial charge in [-0.3, -0.25) is 4.79 Å². The molecule has 0 unspecified atom stereocenters. The SMILES string of the molecule is Cc1ccc(CNC(=O)NCCCCCCC(=O)O)o1. The van der Waals surface area contributed by atoms with E-state index in [4.69, 9.17) is 9.52 Å². The van der Waals surface area contributed by atoms with Gasteiger partial charge in [0.2, 0.25) is 0 Å². The van der Waals surface area contributed by atoms with E-state index in [0.29, 0.717) is 19.5 Å². The van der Waals surface area contributed by atoms with E-state index >= 15 is 0 Å². The predicted molar refractivity (Wildman–Crippen MR) is 74.4 cm³/mol. The molecule has 0 aromatic carbocycles. The smallest absolute Gasteiger partial charge is 0.315 e. The van der Waals surface area contributed by atoms with E-state index in [1.165, 1.54) is 0 Å². The number of carboxylic acids is 1. The average molecular weight is 282 g/mol. The molecule has 6 nitrogen and oxygen atoms in total. The summed E-state index contributed by atoms with van der Waals surface area (Å²) in [5, 5.41) is 13.9. The summed E-state index contributed by atoms with van der Waals surface area (Å²) in [6.07, 6.45) is 3.56. The standard InChI is InChI=1S/C14H22N2O4/c1-11-7-8-12(20-11)10-16-14(19)15-9-5-3-2-4-6-13(17)18/h7-8H,2-6,9-10H2,1H3,(H,17,18)(H2,15,16,19). The monoisotopic (exact) mass is 282 g/mol. The summed E-state index contributed by atoms with van der Waals surface area (Å²) in [6.45, 7) is 2.82. The van der Waals surface area contributed by atoms with E-state index in [2.05, 4.69) is 10.6 Å². The minimum absolute atomic E-state index is 0.218. The summed E-state index contributed by atoms with van der Waals surface area (Å²) < 4.78 is 5.33. The number of carbonyl (C=O) groups excluding carboxylic acids is 1. The molecule has 1 aromatic rings. The van der Waals surface area contributed by atoms with Gasteiger partial charge in [-0.2, -0.15) is 0 Å². The quantitative estimate of drug-likeness (QED) is 0.606. The fourth-order valence-corrected chi connectivity index (χ4v) is 1.77. The zero-order valence-corrected chi connectivity index (χ0v) is 11.8. The number of urea groups is 1. The molecule has 20 heavy (non-hydrogen) atoms. The third kappa shape index (κ3) is 7.45. The van der Waals surface area contributed by atoms with Crippen molar-refractivity contribution in [2.45, 2.75) is 45.6 Å². The molecule has 0 aliphatic carbocycles. The highest BCUT2D eigenvalue weighted by atomic mass is 16.4. The summed E-state index contributed by atoms with van der Waals surface area (Å²) in [5.41, 5.74) is 0. The van der Waals surface area contributed by atoms with Crippen LogP contribution in [0.15, 0.2) is 16.5 Å². The van der Waals surface area contributed by atoms with Gasteiger partial charge in [0.15, 0.2) is 0 Å². The van der Waals surface area contributed by atoms with Gasteiger partial charge < -0.3 is 20.2 Å². The van der Waals surface area contributed by atoms with Gasteiger partial charge in [0.05, 0.1) is 6.54 Å². The molecule has 0 fully saturated rings. The van der Waals surface area contributed by atoms with E-state index in [9.17, 15) is 9.59 Å². The molecule has 112 valence electrons. The molecule has 0 radical (unpaired) electrons. The van der Waals surface area contributed by atoms with Crippen LogP contribution in [0.3, 0.4) is 0 Å². The van der Waals surface area contributed by atoms with Crippen LogP contribution < -0.4 is 10.6 Å². The van der Waals surface area contributed by atoms with E-state index in [0.717, 1.165) is 30.8 Å². The first-order valence-corrected chi connectivity index (χ1v) is 6.87. The molecule has 1 rings (SSSR count). The second-order valence-electron chi connectivity index (χ2n) is 4.68. The van der Waals surface area contributed by atoms with Gasteiger partial charge >= 0.3 is 12.0 Å². The van der Waals surface area contributed by atoms with Crippen molar-refractivity contribution in [3.63, 3.8) is 0 Å². The molecule has 6 heteroatoms. The van der Waals surface area contributed by atoms with Crippen LogP contribution in [0.4, 0.5) is 4.79 Å². The number of carboxylic acid groups (broad SMARTS) is 1. The first kappa shape index (κ1) is 16.1. The molecule has 0 atom stereocenters. The molecule has 0 saturated heterocycles. The first-order chi connectivity index (χ1) is 9.58. The van der Waals surface area contributed by atoms with Crippen molar-refractivity contribution in [1.82, 2.24) is 10.6 Å². The number of aliphatic carboxylic acids is 1. The minimum atomic E-state index is -0.754. The molecule has 3 N–H and O–H groups in total. The Morgan fingerprint density at radius 1 is 1.15 bits per heavy atom. The number of carbonyl (C=O) groups is 2. The molecule has 0 aliphatic heterocycles. The number of amides is 2. The molecule has 1 aromatic heterocycles. The third-order valence-electron chi connectivity index (χ3n) is 2.82. The van der Waals surface area contributed by atoms with E-state index in [1.54, 1.807) is 0 Å². The molecule has 0 spiro atoms. The van der Waals surface area contributed by atoms with Crippen molar-refractivity contribution in [1.29, 1.82) is 0 Å². The van der Waals surface area contributed by atoms with Gasteiger partial charge in [0.25, 0.3) is 0 Å². The largest absolute Gasteiger partial charge is 0.481 e. The lowest BCUT2D eigenvalue weighted by atomic mass is 10.1. The Morgan fingerprint density at radius 3 is 2.55 bits per heavy atom. The van der Waals surface area contributed by atoms with Crippen LogP contribution in [0.5, 0.6) is 0 Å². The zero-order valence-electron chi connectivity index (χ0n) is 11.8. The topological polar surface area (TPSA) is 91.6 Å². The summed E-state index contributed by atoms with van der Waals surface area (Å²) in [7, 11) is 0. The van der Waals surface area contributed by atoms with Gasteiger partial charge in [0.1, 0.15) is 11.5 Å². The highest BCUT2D eigenvalue weighted by Gasteiger charge is 2.02. The Labute approximate surface area is 118 Å². The fraction of sp³-hybridized carbons (Fsp3) is 0.571. The number of hydrogen-bond acceptors (Lipinski definition) is 3. The van der Waals surface area contributed by atoms with Crippen molar-refractivity contribution >= 4 is 12.0 Å². The number of furan rings is 1. The van der Waals surface area contributed by atoms with Gasteiger partial charge in [-0.05, 0) is 31.9 Å². The summed E-state index contributed by atoms with van der Waals surface area (Å²) in [4.78, 5) is 21.8. The second kappa shape index (κ2) is 9.01. The second-order valence-corrected chi connectivity index (χ2v) is 4.68. The molecule has 0 bridgehead atoms. The molecule has 2 amide bonds. The Bertz CT molecular complexity index is 429. The molecule has 1 heterocycles. The third-order valence-corrected chi connectivity index (χ3v) is 2.82. The average Bonchev–Trinajstić information content (AvgIpc) is 2.81. The normalized spacial score (nSPS) is 10.2.